The van der Waals surface area contributed by atoms with Crippen LogP contribution < -0.4 is 10.8 Å². The summed E-state index contributed by atoms with van der Waals surface area (Å²) in [7, 11) is -5.79. The second-order valence-electron chi connectivity index (χ2n) is 11.0. The van der Waals surface area contributed by atoms with Crippen molar-refractivity contribution < 1.29 is 42.6 Å². The van der Waals surface area contributed by atoms with Crippen LogP contribution in [0.3, 0.4) is 0 Å². The number of fused-ring (bicyclic) bond motifs is 1. The fraction of sp³-hybridized carbons (Fsp3) is 0.536. The molecular weight excluding hydrogens is 551 g/mol. The Morgan fingerprint density at radius 2 is 1.71 bits per heavy atom. The third-order valence-electron chi connectivity index (χ3n) is 7.34. The van der Waals surface area contributed by atoms with Crippen molar-refractivity contribution in [1.29, 1.82) is 0 Å². The van der Waals surface area contributed by atoms with E-state index in [1.165, 1.54) is 28.6 Å². The zero-order valence-electron chi connectivity index (χ0n) is 23.3. The lowest BCUT2D eigenvalue weighted by Gasteiger charge is -2.33. The highest BCUT2D eigenvalue weighted by Gasteiger charge is 2.41. The second kappa shape index (κ2) is 14.1. The van der Waals surface area contributed by atoms with Gasteiger partial charge in [0.15, 0.2) is 6.29 Å². The first-order valence-electron chi connectivity index (χ1n) is 13.9. The van der Waals surface area contributed by atoms with Crippen molar-refractivity contribution in [3.63, 3.8) is 0 Å². The van der Waals surface area contributed by atoms with Gasteiger partial charge < -0.3 is 34.7 Å². The van der Waals surface area contributed by atoms with Gasteiger partial charge in [0, 0.05) is 25.4 Å². The number of hydrogen-bond acceptors (Lipinski definition) is 9. The van der Waals surface area contributed by atoms with E-state index in [4.69, 9.17) is 14.2 Å². The van der Waals surface area contributed by atoms with Gasteiger partial charge in [0.25, 0.3) is 0 Å². The lowest BCUT2D eigenvalue weighted by molar-refractivity contribution is -0.179. The van der Waals surface area contributed by atoms with Gasteiger partial charge in [0.2, 0.25) is 10.0 Å². The molecule has 2 aliphatic heterocycles. The molecule has 0 aromatic heterocycles. The average Bonchev–Trinajstić information content (AvgIpc) is 3.43. The summed E-state index contributed by atoms with van der Waals surface area (Å²) in [6.07, 6.45) is -1.24. The second-order valence-corrected chi connectivity index (χ2v) is 12.9. The van der Waals surface area contributed by atoms with Crippen LogP contribution in [-0.4, -0.2) is 91.9 Å². The zero-order valence-corrected chi connectivity index (χ0v) is 24.2. The Morgan fingerprint density at radius 1 is 1.05 bits per heavy atom. The van der Waals surface area contributed by atoms with Crippen LogP contribution >= 0.6 is 0 Å². The first-order valence-corrected chi connectivity index (χ1v) is 15.4. The van der Waals surface area contributed by atoms with Crippen LogP contribution in [0, 0.1) is 11.8 Å². The Hall–Kier alpha value is -2.52. The molecule has 0 spiro atoms. The number of ether oxygens (including phenoxy) is 3. The molecule has 0 radical (unpaired) electrons. The van der Waals surface area contributed by atoms with Gasteiger partial charge in [-0.05, 0) is 41.9 Å². The van der Waals surface area contributed by atoms with E-state index in [0.717, 1.165) is 12.0 Å². The summed E-state index contributed by atoms with van der Waals surface area (Å²) in [6, 6.07) is 13.7. The minimum atomic E-state index is -4.06. The summed E-state index contributed by atoms with van der Waals surface area (Å²) in [5, 5.41) is 32.9. The molecule has 2 aromatic rings. The number of aliphatic hydroxyl groups is 1. The van der Waals surface area contributed by atoms with Gasteiger partial charge in [0.1, 0.15) is 6.10 Å². The number of benzene rings is 2. The SMILES string of the molecule is CC(C)CN(C[C@@H](O)[C@H](Cc1ccccc1)NC(=O)O[C@H]1CCO[C@H]2OCC[C@H]21)S(=O)(=O)c1ccc(B(O)O)cc1. The average molecular weight is 591 g/mol. The van der Waals surface area contributed by atoms with Crippen molar-refractivity contribution in [2.24, 2.45) is 11.8 Å². The summed E-state index contributed by atoms with van der Waals surface area (Å²) in [5.41, 5.74) is 1.01. The Kier molecular flexibility index (Phi) is 10.8. The number of nitrogens with zero attached hydrogens (tertiary/aromatic N) is 1. The summed E-state index contributed by atoms with van der Waals surface area (Å²) >= 11 is 0. The van der Waals surface area contributed by atoms with Gasteiger partial charge in [-0.2, -0.15) is 4.31 Å². The van der Waals surface area contributed by atoms with Crippen molar-refractivity contribution in [3.05, 3.63) is 60.2 Å². The first-order chi connectivity index (χ1) is 19.5. The number of amides is 1. The number of carbonyl (C=O) groups is 1. The fourth-order valence-electron chi connectivity index (χ4n) is 5.22. The molecule has 2 heterocycles. The van der Waals surface area contributed by atoms with Crippen LogP contribution in [0.5, 0.6) is 0 Å². The number of nitrogens with one attached hydrogen (secondary N) is 1. The Morgan fingerprint density at radius 3 is 2.34 bits per heavy atom. The molecule has 41 heavy (non-hydrogen) atoms. The maximum absolute atomic E-state index is 13.6. The van der Waals surface area contributed by atoms with E-state index in [1.807, 2.05) is 44.2 Å². The molecule has 2 aromatic carbocycles. The largest absolute Gasteiger partial charge is 0.488 e. The van der Waals surface area contributed by atoms with Crippen LogP contribution in [-0.2, 0) is 30.7 Å². The predicted octanol–water partition coefficient (Wildman–Crippen LogP) is 0.863. The maximum Gasteiger partial charge on any atom is 0.488 e. The van der Waals surface area contributed by atoms with Gasteiger partial charge in [0.05, 0.1) is 30.3 Å². The Balaban J connectivity index is 1.51. The van der Waals surface area contributed by atoms with Gasteiger partial charge in [-0.1, -0.05) is 56.3 Å². The van der Waals surface area contributed by atoms with E-state index in [9.17, 15) is 28.4 Å². The topological polar surface area (TPSA) is 155 Å². The van der Waals surface area contributed by atoms with E-state index >= 15 is 0 Å². The van der Waals surface area contributed by atoms with Gasteiger partial charge >= 0.3 is 13.2 Å². The number of carbonyl (C=O) groups excluding carboxylic acids is 1. The van der Waals surface area contributed by atoms with E-state index in [0.29, 0.717) is 19.6 Å². The summed E-state index contributed by atoms with van der Waals surface area (Å²) < 4.78 is 45.4. The third-order valence-corrected chi connectivity index (χ3v) is 9.19. The van der Waals surface area contributed by atoms with Crippen molar-refractivity contribution in [1.82, 2.24) is 9.62 Å². The molecule has 0 aliphatic carbocycles. The van der Waals surface area contributed by atoms with Crippen molar-refractivity contribution >= 4 is 28.7 Å². The molecule has 2 saturated heterocycles. The number of sulfonamides is 1. The van der Waals surface area contributed by atoms with Crippen LogP contribution in [0.1, 0.15) is 32.3 Å². The number of rotatable bonds is 12. The standard InChI is InChI=1S/C28H39BN2O9S/c1-19(2)17-31(41(36,37)22-10-8-21(9-11-22)29(34)35)18-25(32)24(16-20-6-4-3-5-7-20)30-28(33)40-26-13-15-39-27-23(26)12-14-38-27/h3-11,19,23-27,32,34-35H,12-18H2,1-2H3,(H,30,33)/t23-,24-,25+,26-,27+/m0/s1. The minimum absolute atomic E-state index is 0.0467. The van der Waals surface area contributed by atoms with E-state index in [1.54, 1.807) is 0 Å². The highest BCUT2D eigenvalue weighted by molar-refractivity contribution is 7.89. The number of alkyl carbamates (subject to hydrolysis) is 1. The quantitative estimate of drug-likeness (QED) is 0.264. The van der Waals surface area contributed by atoms with Crippen molar-refractivity contribution in [2.45, 2.75) is 62.5 Å². The van der Waals surface area contributed by atoms with Crippen LogP contribution in [0.2, 0.25) is 0 Å². The molecule has 4 rings (SSSR count). The maximum atomic E-state index is 13.6. The molecule has 1 amide bonds. The van der Waals surface area contributed by atoms with Crippen molar-refractivity contribution in [3.8, 4) is 0 Å². The molecule has 11 nitrogen and oxygen atoms in total. The number of hydrogen-bond donors (Lipinski definition) is 4. The van der Waals surface area contributed by atoms with Crippen LogP contribution in [0.4, 0.5) is 4.79 Å². The normalized spacial score (nSPS) is 22.3. The van der Waals surface area contributed by atoms with E-state index in [-0.39, 0.29) is 47.8 Å². The Labute approximate surface area is 241 Å². The summed E-state index contributed by atoms with van der Waals surface area (Å²) in [5.74, 6) is -0.117. The monoisotopic (exact) mass is 590 g/mol. The smallest absolute Gasteiger partial charge is 0.446 e. The lowest BCUT2D eigenvalue weighted by Crippen LogP contribution is -2.52. The van der Waals surface area contributed by atoms with E-state index in [2.05, 4.69) is 5.32 Å². The molecule has 2 fully saturated rings. The molecule has 0 bridgehead atoms. The van der Waals surface area contributed by atoms with Crippen molar-refractivity contribution in [2.75, 3.05) is 26.3 Å². The van der Waals surface area contributed by atoms with Gasteiger partial charge in [-0.3, -0.25) is 0 Å². The van der Waals surface area contributed by atoms with Gasteiger partial charge in [-0.25, -0.2) is 13.2 Å². The molecule has 0 unspecified atom stereocenters. The molecule has 4 N–H and O–H groups in total. The predicted molar refractivity (Wildman–Crippen MR) is 152 cm³/mol. The fourth-order valence-corrected chi connectivity index (χ4v) is 6.84. The number of aliphatic hydroxyl groups excluding tert-OH is 1. The molecule has 224 valence electrons. The van der Waals surface area contributed by atoms with Crippen LogP contribution in [0.25, 0.3) is 0 Å². The van der Waals surface area contributed by atoms with Crippen LogP contribution in [0.15, 0.2) is 59.5 Å². The first kappa shape index (κ1) is 31.4. The highest BCUT2D eigenvalue weighted by atomic mass is 32.2. The molecule has 2 aliphatic rings. The molecular formula is C28H39BN2O9S. The summed E-state index contributed by atoms with van der Waals surface area (Å²) in [6.45, 7) is 4.52. The molecule has 0 saturated carbocycles. The summed E-state index contributed by atoms with van der Waals surface area (Å²) in [4.78, 5) is 13.0. The highest BCUT2D eigenvalue weighted by Crippen LogP contribution is 2.32. The molecule has 13 heteroatoms. The van der Waals surface area contributed by atoms with E-state index < -0.39 is 41.7 Å². The van der Waals surface area contributed by atoms with Gasteiger partial charge in [-0.15, -0.1) is 0 Å². The third kappa shape index (κ3) is 8.28. The zero-order chi connectivity index (χ0) is 29.6. The molecule has 5 atom stereocenters. The lowest BCUT2D eigenvalue weighted by atomic mass is 9.81. The minimum Gasteiger partial charge on any atom is -0.446 e. The Bertz CT molecular complexity index is 1230.